The van der Waals surface area contributed by atoms with Crippen LogP contribution in [0.15, 0.2) is 0 Å². The van der Waals surface area contributed by atoms with Crippen LogP contribution in [0.5, 0.6) is 0 Å². The average Bonchev–Trinajstić information content (AvgIpc) is 3.58. The maximum Gasteiger partial charge on any atom is 0.219 e. The van der Waals surface area contributed by atoms with Gasteiger partial charge in [0.1, 0.15) is 0 Å². The summed E-state index contributed by atoms with van der Waals surface area (Å²) in [6, 6.07) is 0. The number of carbonyl (C=O) groups excluding carboxylic acids is 5. The minimum atomic E-state index is 0.225. The topological polar surface area (TPSA) is 146 Å². The highest BCUT2D eigenvalue weighted by Crippen LogP contribution is 2.04. The van der Waals surface area contributed by atoms with Gasteiger partial charge in [0, 0.05) is 64.8 Å². The van der Waals surface area contributed by atoms with E-state index in [0.29, 0.717) is 0 Å². The summed E-state index contributed by atoms with van der Waals surface area (Å²) < 4.78 is 0. The molecule has 0 bridgehead atoms. The molecule has 5 aliphatic heterocycles. The zero-order valence-electron chi connectivity index (χ0n) is 24.7. The van der Waals surface area contributed by atoms with Crippen molar-refractivity contribution in [2.45, 2.75) is 128 Å². The van der Waals surface area contributed by atoms with Crippen molar-refractivity contribution in [1.82, 2.24) is 26.6 Å². The summed E-state index contributed by atoms with van der Waals surface area (Å²) in [5, 5.41) is 14.0. The first-order chi connectivity index (χ1) is 19.5. The Morgan fingerprint density at radius 2 is 0.425 bits per heavy atom. The highest BCUT2D eigenvalue weighted by molar-refractivity contribution is 5.77. The largest absolute Gasteiger partial charge is 0.356 e. The minimum absolute atomic E-state index is 0.225. The zero-order chi connectivity index (χ0) is 29.1. The molecule has 0 saturated carbocycles. The molecule has 0 aromatic carbocycles. The summed E-state index contributed by atoms with van der Waals surface area (Å²) in [4.78, 5) is 52.9. The van der Waals surface area contributed by atoms with E-state index in [1.807, 2.05) is 0 Å². The second-order valence-corrected chi connectivity index (χ2v) is 10.8. The molecule has 10 nitrogen and oxygen atoms in total. The molecule has 0 spiro atoms. The van der Waals surface area contributed by atoms with E-state index in [2.05, 4.69) is 26.6 Å². The second kappa shape index (κ2) is 25.3. The van der Waals surface area contributed by atoms with Crippen LogP contribution >= 0.6 is 0 Å². The fraction of sp³-hybridized carbons (Fsp3) is 0.833. The molecule has 0 aromatic heterocycles. The van der Waals surface area contributed by atoms with Gasteiger partial charge in [0.2, 0.25) is 29.5 Å². The third kappa shape index (κ3) is 23.3. The van der Waals surface area contributed by atoms with Gasteiger partial charge in [0.25, 0.3) is 0 Å². The Kier molecular flexibility index (Phi) is 22.4. The number of hydrogen-bond donors (Lipinski definition) is 5. The number of rotatable bonds is 0. The van der Waals surface area contributed by atoms with Crippen molar-refractivity contribution in [2.24, 2.45) is 0 Å². The van der Waals surface area contributed by atoms with Crippen LogP contribution in [0.25, 0.3) is 0 Å². The third-order valence-corrected chi connectivity index (χ3v) is 7.01. The van der Waals surface area contributed by atoms with E-state index in [9.17, 15) is 24.0 Å². The van der Waals surface area contributed by atoms with Gasteiger partial charge in [0.05, 0.1) is 0 Å². The van der Waals surface area contributed by atoms with E-state index < -0.39 is 0 Å². The van der Waals surface area contributed by atoms with E-state index in [4.69, 9.17) is 0 Å². The molecule has 0 aliphatic carbocycles. The molecule has 0 atom stereocenters. The smallest absolute Gasteiger partial charge is 0.219 e. The molecule has 5 amide bonds. The van der Waals surface area contributed by atoms with Gasteiger partial charge in [-0.3, -0.25) is 24.0 Å². The Labute approximate surface area is 241 Å². The zero-order valence-corrected chi connectivity index (χ0v) is 24.7. The maximum absolute atomic E-state index is 10.6. The van der Waals surface area contributed by atoms with Crippen LogP contribution in [0.2, 0.25) is 0 Å². The molecule has 5 fully saturated rings. The van der Waals surface area contributed by atoms with Crippen LogP contribution in [0.1, 0.15) is 128 Å². The highest BCUT2D eigenvalue weighted by Gasteiger charge is 2.06. The Morgan fingerprint density at radius 3 is 0.600 bits per heavy atom. The summed E-state index contributed by atoms with van der Waals surface area (Å²) in [5.41, 5.74) is 0. The lowest BCUT2D eigenvalue weighted by Gasteiger charge is -1.93. The van der Waals surface area contributed by atoms with E-state index in [1.54, 1.807) is 0 Å². The van der Waals surface area contributed by atoms with Gasteiger partial charge in [-0.15, -0.1) is 0 Å². The van der Waals surface area contributed by atoms with Crippen molar-refractivity contribution in [2.75, 3.05) is 32.7 Å². The summed E-state index contributed by atoms with van der Waals surface area (Å²) in [6.45, 7) is 4.44. The standard InChI is InChI=1S/5C6H11NO/c5*8-6-4-2-1-3-5-7-6/h5*1-5H2,(H,7,8). The van der Waals surface area contributed by atoms with Gasteiger partial charge in [-0.05, 0) is 64.2 Å². The van der Waals surface area contributed by atoms with Gasteiger partial charge in [-0.25, -0.2) is 0 Å². The van der Waals surface area contributed by atoms with Gasteiger partial charge < -0.3 is 26.6 Å². The summed E-state index contributed by atoms with van der Waals surface area (Å²) in [5.74, 6) is 1.12. The molecular formula is C30H55N5O5. The molecule has 10 heteroatoms. The Morgan fingerprint density at radius 1 is 0.250 bits per heavy atom. The lowest BCUT2D eigenvalue weighted by atomic mass is 10.2. The fourth-order valence-corrected chi connectivity index (χ4v) is 4.52. The van der Waals surface area contributed by atoms with E-state index in [0.717, 1.165) is 129 Å². The van der Waals surface area contributed by atoms with Gasteiger partial charge in [-0.2, -0.15) is 0 Å². The lowest BCUT2D eigenvalue weighted by molar-refractivity contribution is -0.121. The average molecular weight is 566 g/mol. The van der Waals surface area contributed by atoms with Crippen molar-refractivity contribution < 1.29 is 24.0 Å². The van der Waals surface area contributed by atoms with Gasteiger partial charge >= 0.3 is 0 Å². The van der Waals surface area contributed by atoms with E-state index in [1.165, 1.54) is 32.1 Å². The molecule has 0 unspecified atom stereocenters. The Hall–Kier alpha value is -2.65. The van der Waals surface area contributed by atoms with Crippen molar-refractivity contribution >= 4 is 29.5 Å². The first-order valence-electron chi connectivity index (χ1n) is 15.8. The lowest BCUT2D eigenvalue weighted by Crippen LogP contribution is -2.21. The Bertz CT molecular complexity index is 542. The molecule has 0 radical (unpaired) electrons. The van der Waals surface area contributed by atoms with Crippen LogP contribution in [-0.2, 0) is 24.0 Å². The molecule has 40 heavy (non-hydrogen) atoms. The second-order valence-electron chi connectivity index (χ2n) is 10.8. The van der Waals surface area contributed by atoms with Crippen LogP contribution in [-0.4, -0.2) is 62.3 Å². The number of hydrogen-bond acceptors (Lipinski definition) is 5. The highest BCUT2D eigenvalue weighted by atomic mass is 16.2. The predicted octanol–water partition coefficient (Wildman–Crippen LogP) is 3.38. The summed E-state index contributed by atoms with van der Waals surface area (Å²) in [6.07, 6.45) is 20.9. The molecule has 5 N–H and O–H groups in total. The van der Waals surface area contributed by atoms with Gasteiger partial charge in [-0.1, -0.05) is 32.1 Å². The van der Waals surface area contributed by atoms with E-state index in [-0.39, 0.29) is 29.5 Å². The normalized spacial score (nSPS) is 21.8. The third-order valence-electron chi connectivity index (χ3n) is 7.01. The monoisotopic (exact) mass is 565 g/mol. The van der Waals surface area contributed by atoms with Crippen LogP contribution < -0.4 is 26.6 Å². The quantitative estimate of drug-likeness (QED) is 0.306. The van der Waals surface area contributed by atoms with Crippen molar-refractivity contribution in [3.05, 3.63) is 0 Å². The molecule has 0 aromatic rings. The molecule has 5 aliphatic rings. The van der Waals surface area contributed by atoms with Crippen LogP contribution in [0.4, 0.5) is 0 Å². The Balaban J connectivity index is 0.000000250. The van der Waals surface area contributed by atoms with Crippen molar-refractivity contribution in [1.29, 1.82) is 0 Å². The predicted molar refractivity (Wildman–Crippen MR) is 157 cm³/mol. The molecule has 5 saturated heterocycles. The maximum atomic E-state index is 10.6. The van der Waals surface area contributed by atoms with Crippen LogP contribution in [0, 0.1) is 0 Å². The first-order valence-corrected chi connectivity index (χ1v) is 15.8. The minimum Gasteiger partial charge on any atom is -0.356 e. The molecule has 5 heterocycles. The molecular weight excluding hydrogens is 510 g/mol. The number of nitrogens with one attached hydrogen (secondary N) is 5. The SMILES string of the molecule is O=C1CCCCCN1.O=C1CCCCCN1.O=C1CCCCCN1.O=C1CCCCCN1.O=C1CCCCCN1. The summed E-state index contributed by atoms with van der Waals surface area (Å²) >= 11 is 0. The first kappa shape index (κ1) is 35.4. The van der Waals surface area contributed by atoms with Gasteiger partial charge in [0.15, 0.2) is 0 Å². The summed E-state index contributed by atoms with van der Waals surface area (Å²) in [7, 11) is 0. The fourth-order valence-electron chi connectivity index (χ4n) is 4.52. The number of amides is 5. The molecule has 230 valence electrons. The number of carbonyl (C=O) groups is 5. The van der Waals surface area contributed by atoms with Crippen molar-refractivity contribution in [3.8, 4) is 0 Å². The van der Waals surface area contributed by atoms with E-state index >= 15 is 0 Å². The molecule has 5 rings (SSSR count). The van der Waals surface area contributed by atoms with Crippen LogP contribution in [0.3, 0.4) is 0 Å². The van der Waals surface area contributed by atoms with Crippen molar-refractivity contribution in [3.63, 3.8) is 0 Å².